The highest BCUT2D eigenvalue weighted by Crippen LogP contribution is 2.25. The van der Waals surface area contributed by atoms with E-state index in [9.17, 15) is 0 Å². The van der Waals surface area contributed by atoms with Gasteiger partial charge in [-0.05, 0) is 57.5 Å². The number of fused-ring (bicyclic) bond motifs is 1. The highest BCUT2D eigenvalue weighted by atomic mass is 15.3. The number of piperidine rings is 1. The molecule has 2 aliphatic rings. The van der Waals surface area contributed by atoms with Gasteiger partial charge in [-0.3, -0.25) is 0 Å². The molecule has 0 bridgehead atoms. The minimum absolute atomic E-state index is 0.502. The molecule has 1 saturated carbocycles. The SMILES string of the molecule is CN1CCC(n2ncc3cc(CNC4CC4)cnc32)CC1. The fraction of sp³-hybridized carbons (Fsp3) is 0.625. The van der Waals surface area contributed by atoms with Crippen LogP contribution < -0.4 is 5.32 Å². The highest BCUT2D eigenvalue weighted by Gasteiger charge is 2.22. The van der Waals surface area contributed by atoms with Gasteiger partial charge in [0.15, 0.2) is 5.65 Å². The van der Waals surface area contributed by atoms with Crippen molar-refractivity contribution < 1.29 is 0 Å². The van der Waals surface area contributed by atoms with Crippen molar-refractivity contribution in [3.05, 3.63) is 24.0 Å². The molecule has 112 valence electrons. The zero-order valence-electron chi connectivity index (χ0n) is 12.6. The van der Waals surface area contributed by atoms with E-state index < -0.39 is 0 Å². The molecule has 21 heavy (non-hydrogen) atoms. The Bertz CT molecular complexity index is 623. The van der Waals surface area contributed by atoms with E-state index in [1.165, 1.54) is 36.6 Å². The van der Waals surface area contributed by atoms with E-state index in [-0.39, 0.29) is 0 Å². The van der Waals surface area contributed by atoms with Gasteiger partial charge in [0, 0.05) is 24.2 Å². The van der Waals surface area contributed by atoms with Crippen LogP contribution >= 0.6 is 0 Å². The molecule has 1 saturated heterocycles. The van der Waals surface area contributed by atoms with Crippen molar-refractivity contribution in [1.29, 1.82) is 0 Å². The number of nitrogens with one attached hydrogen (secondary N) is 1. The van der Waals surface area contributed by atoms with Crippen molar-refractivity contribution >= 4 is 11.0 Å². The minimum atomic E-state index is 0.502. The third-order valence-electron chi connectivity index (χ3n) is 4.70. The molecule has 3 heterocycles. The summed E-state index contributed by atoms with van der Waals surface area (Å²) in [5.41, 5.74) is 2.30. The van der Waals surface area contributed by atoms with Crippen LogP contribution in [0.5, 0.6) is 0 Å². The van der Waals surface area contributed by atoms with Crippen molar-refractivity contribution in [3.8, 4) is 0 Å². The lowest BCUT2D eigenvalue weighted by molar-refractivity contribution is 0.215. The standard InChI is InChI=1S/C16H23N5/c1-20-6-4-15(5-7-20)21-16-13(11-19-21)8-12(10-18-16)9-17-14-2-3-14/h8,10-11,14-15,17H,2-7,9H2,1H3. The smallest absolute Gasteiger partial charge is 0.157 e. The second-order valence-corrected chi connectivity index (χ2v) is 6.54. The van der Waals surface area contributed by atoms with Gasteiger partial charge in [0.25, 0.3) is 0 Å². The largest absolute Gasteiger partial charge is 0.310 e. The Morgan fingerprint density at radius 2 is 2.00 bits per heavy atom. The molecule has 0 atom stereocenters. The molecular formula is C16H23N5. The van der Waals surface area contributed by atoms with Crippen LogP contribution in [0.15, 0.2) is 18.5 Å². The molecule has 5 heteroatoms. The Kier molecular flexibility index (Phi) is 3.39. The predicted octanol–water partition coefficient (Wildman–Crippen LogP) is 1.95. The second-order valence-electron chi connectivity index (χ2n) is 6.54. The first-order valence-corrected chi connectivity index (χ1v) is 8.03. The van der Waals surface area contributed by atoms with Gasteiger partial charge < -0.3 is 10.2 Å². The van der Waals surface area contributed by atoms with Crippen LogP contribution in [0.1, 0.15) is 37.3 Å². The zero-order valence-corrected chi connectivity index (χ0v) is 12.6. The van der Waals surface area contributed by atoms with E-state index in [0.29, 0.717) is 6.04 Å². The van der Waals surface area contributed by atoms with Gasteiger partial charge in [-0.1, -0.05) is 0 Å². The van der Waals surface area contributed by atoms with E-state index in [1.54, 1.807) is 0 Å². The molecule has 0 spiro atoms. The van der Waals surface area contributed by atoms with E-state index in [4.69, 9.17) is 0 Å². The molecule has 0 radical (unpaired) electrons. The van der Waals surface area contributed by atoms with Crippen LogP contribution in [0.4, 0.5) is 0 Å². The van der Waals surface area contributed by atoms with Crippen LogP contribution in [0.3, 0.4) is 0 Å². The number of aromatic nitrogens is 3. The average molecular weight is 285 g/mol. The highest BCUT2D eigenvalue weighted by molar-refractivity contribution is 5.75. The third-order valence-corrected chi connectivity index (χ3v) is 4.70. The molecule has 0 amide bonds. The van der Waals surface area contributed by atoms with E-state index in [2.05, 4.69) is 38.1 Å². The summed E-state index contributed by atoms with van der Waals surface area (Å²) in [5, 5.41) is 9.32. The molecule has 2 aromatic heterocycles. The summed E-state index contributed by atoms with van der Waals surface area (Å²) in [6.07, 6.45) is 8.96. The van der Waals surface area contributed by atoms with Crippen LogP contribution in [0, 0.1) is 0 Å². The Labute approximate surface area is 125 Å². The summed E-state index contributed by atoms with van der Waals surface area (Å²) in [6, 6.07) is 3.47. The van der Waals surface area contributed by atoms with Crippen molar-refractivity contribution in [3.63, 3.8) is 0 Å². The molecule has 1 aliphatic carbocycles. The third kappa shape index (κ3) is 2.80. The van der Waals surface area contributed by atoms with Crippen molar-refractivity contribution in [1.82, 2.24) is 25.0 Å². The fourth-order valence-electron chi connectivity index (χ4n) is 3.14. The van der Waals surface area contributed by atoms with Gasteiger partial charge in [-0.25, -0.2) is 9.67 Å². The van der Waals surface area contributed by atoms with Gasteiger partial charge in [0.05, 0.1) is 12.2 Å². The van der Waals surface area contributed by atoms with Crippen molar-refractivity contribution in [2.45, 2.75) is 44.3 Å². The van der Waals surface area contributed by atoms with Crippen LogP contribution in [-0.2, 0) is 6.54 Å². The topological polar surface area (TPSA) is 46.0 Å². The normalized spacial score (nSPS) is 21.2. The Morgan fingerprint density at radius 1 is 1.19 bits per heavy atom. The van der Waals surface area contributed by atoms with Gasteiger partial charge in [-0.2, -0.15) is 5.10 Å². The van der Waals surface area contributed by atoms with Crippen LogP contribution in [0.25, 0.3) is 11.0 Å². The van der Waals surface area contributed by atoms with Crippen molar-refractivity contribution in [2.24, 2.45) is 0 Å². The summed E-state index contributed by atoms with van der Waals surface area (Å²) in [5.74, 6) is 0. The molecule has 2 aromatic rings. The molecule has 1 N–H and O–H groups in total. The number of hydrogen-bond acceptors (Lipinski definition) is 4. The number of hydrogen-bond donors (Lipinski definition) is 1. The van der Waals surface area contributed by atoms with Crippen LogP contribution in [-0.4, -0.2) is 45.8 Å². The minimum Gasteiger partial charge on any atom is -0.310 e. The molecule has 0 unspecified atom stereocenters. The summed E-state index contributed by atoms with van der Waals surface area (Å²) in [4.78, 5) is 7.07. The van der Waals surface area contributed by atoms with E-state index >= 15 is 0 Å². The molecule has 5 nitrogen and oxygen atoms in total. The fourth-order valence-corrected chi connectivity index (χ4v) is 3.14. The molecule has 4 rings (SSSR count). The molecule has 0 aromatic carbocycles. The quantitative estimate of drug-likeness (QED) is 0.932. The first-order chi connectivity index (χ1) is 10.3. The van der Waals surface area contributed by atoms with E-state index in [0.717, 1.165) is 31.3 Å². The maximum atomic E-state index is 4.68. The Hall–Kier alpha value is -1.46. The van der Waals surface area contributed by atoms with Gasteiger partial charge in [-0.15, -0.1) is 0 Å². The van der Waals surface area contributed by atoms with Crippen LogP contribution in [0.2, 0.25) is 0 Å². The summed E-state index contributed by atoms with van der Waals surface area (Å²) in [6.45, 7) is 3.22. The van der Waals surface area contributed by atoms with Gasteiger partial charge >= 0.3 is 0 Å². The Morgan fingerprint density at radius 3 is 2.76 bits per heavy atom. The Balaban J connectivity index is 1.53. The number of nitrogens with zero attached hydrogens (tertiary/aromatic N) is 4. The van der Waals surface area contributed by atoms with Gasteiger partial charge in [0.2, 0.25) is 0 Å². The summed E-state index contributed by atoms with van der Waals surface area (Å²) < 4.78 is 2.14. The maximum Gasteiger partial charge on any atom is 0.157 e. The lowest BCUT2D eigenvalue weighted by Crippen LogP contribution is -2.31. The first-order valence-electron chi connectivity index (χ1n) is 8.03. The molecule has 1 aliphatic heterocycles. The second kappa shape index (κ2) is 5.39. The number of likely N-dealkylation sites (tertiary alicyclic amines) is 1. The first kappa shape index (κ1) is 13.2. The monoisotopic (exact) mass is 285 g/mol. The van der Waals surface area contributed by atoms with Gasteiger partial charge in [0.1, 0.15) is 0 Å². The maximum absolute atomic E-state index is 4.68. The predicted molar refractivity (Wildman–Crippen MR) is 83.2 cm³/mol. The zero-order chi connectivity index (χ0) is 14.2. The van der Waals surface area contributed by atoms with E-state index in [1.807, 2.05) is 12.4 Å². The number of pyridine rings is 1. The summed E-state index contributed by atoms with van der Waals surface area (Å²) >= 11 is 0. The lowest BCUT2D eigenvalue weighted by Gasteiger charge is -2.29. The average Bonchev–Trinajstić information content (AvgIpc) is 3.24. The van der Waals surface area contributed by atoms with Crippen molar-refractivity contribution in [2.75, 3.05) is 20.1 Å². The molecular weight excluding hydrogens is 262 g/mol. The molecule has 2 fully saturated rings. The lowest BCUT2D eigenvalue weighted by atomic mass is 10.1. The summed E-state index contributed by atoms with van der Waals surface area (Å²) in [7, 11) is 2.19. The number of rotatable bonds is 4.